The van der Waals surface area contributed by atoms with Gasteiger partial charge in [0.05, 0.1) is 13.6 Å². The maximum atomic E-state index is 13.8. The summed E-state index contributed by atoms with van der Waals surface area (Å²) in [6, 6.07) is 0. The number of rotatable bonds is 2. The predicted molar refractivity (Wildman–Crippen MR) is 70.3 cm³/mol. The number of hydrogen-bond acceptors (Lipinski definition) is 0. The number of hydrogen-bond donors (Lipinski definition) is 0. The van der Waals surface area contributed by atoms with Gasteiger partial charge in [-0.25, -0.2) is 22.0 Å². The molecular formula is C14H13F5Si. The average molecular weight is 304 g/mol. The second kappa shape index (κ2) is 4.84. The summed E-state index contributed by atoms with van der Waals surface area (Å²) in [5.74, 6) is -9.46. The van der Waals surface area contributed by atoms with Crippen molar-refractivity contribution >= 4 is 13.6 Å². The van der Waals surface area contributed by atoms with Crippen LogP contribution in [0.3, 0.4) is 0 Å². The predicted octanol–water partition coefficient (Wildman–Crippen LogP) is 4.97. The first kappa shape index (κ1) is 15.0. The Morgan fingerprint density at radius 2 is 1.25 bits per heavy atom. The van der Waals surface area contributed by atoms with Crippen LogP contribution in [-0.4, -0.2) is 8.07 Å². The molecule has 1 aliphatic carbocycles. The molecule has 0 radical (unpaired) electrons. The third-order valence-corrected chi connectivity index (χ3v) is 5.60. The molecule has 0 spiro atoms. The zero-order valence-corrected chi connectivity index (χ0v) is 12.3. The van der Waals surface area contributed by atoms with Crippen LogP contribution in [0.25, 0.3) is 5.57 Å². The van der Waals surface area contributed by atoms with Gasteiger partial charge in [-0.3, -0.25) is 0 Å². The summed E-state index contributed by atoms with van der Waals surface area (Å²) in [6.07, 6.45) is 3.61. The number of allylic oxidation sites excluding steroid dienone is 4. The highest BCUT2D eigenvalue weighted by Crippen LogP contribution is 2.38. The SMILES string of the molecule is C[Si](C)(C)C1=C(c2c(F)c(F)c(F)c(F)c2F)C=CC1. The van der Waals surface area contributed by atoms with E-state index in [9.17, 15) is 22.0 Å². The first-order chi connectivity index (χ1) is 9.16. The van der Waals surface area contributed by atoms with Crippen LogP contribution in [0.4, 0.5) is 22.0 Å². The van der Waals surface area contributed by atoms with E-state index in [1.165, 1.54) is 6.08 Å². The van der Waals surface area contributed by atoms with Gasteiger partial charge >= 0.3 is 0 Å². The molecule has 0 heterocycles. The monoisotopic (exact) mass is 304 g/mol. The topological polar surface area (TPSA) is 0 Å². The summed E-state index contributed by atoms with van der Waals surface area (Å²) < 4.78 is 67.3. The third kappa shape index (κ3) is 2.22. The number of benzene rings is 1. The quantitative estimate of drug-likeness (QED) is 0.313. The normalized spacial score (nSPS) is 15.4. The summed E-state index contributed by atoms with van der Waals surface area (Å²) in [5, 5.41) is 0.778. The lowest BCUT2D eigenvalue weighted by atomic mass is 10.0. The van der Waals surface area contributed by atoms with Crippen molar-refractivity contribution in [2.45, 2.75) is 26.1 Å². The zero-order chi connectivity index (χ0) is 15.2. The molecule has 0 amide bonds. The van der Waals surface area contributed by atoms with E-state index in [0.29, 0.717) is 6.42 Å². The Balaban J connectivity index is 2.80. The lowest BCUT2D eigenvalue weighted by Crippen LogP contribution is -2.24. The van der Waals surface area contributed by atoms with E-state index in [1.54, 1.807) is 6.08 Å². The fourth-order valence-corrected chi connectivity index (χ4v) is 4.04. The molecule has 0 fully saturated rings. The van der Waals surface area contributed by atoms with Gasteiger partial charge in [-0.05, 0) is 12.0 Å². The molecule has 6 heteroatoms. The second-order valence-corrected chi connectivity index (χ2v) is 10.8. The van der Waals surface area contributed by atoms with Gasteiger partial charge in [-0.2, -0.15) is 0 Å². The molecule has 1 aromatic carbocycles. The van der Waals surface area contributed by atoms with Gasteiger partial charge in [0.1, 0.15) is 0 Å². The highest BCUT2D eigenvalue weighted by Gasteiger charge is 2.32. The summed E-state index contributed by atoms with van der Waals surface area (Å²) in [4.78, 5) is 0. The van der Waals surface area contributed by atoms with Crippen LogP contribution in [0.1, 0.15) is 12.0 Å². The third-order valence-electron chi connectivity index (χ3n) is 3.32. The van der Waals surface area contributed by atoms with Crippen LogP contribution in [0.2, 0.25) is 19.6 Å². The van der Waals surface area contributed by atoms with Crippen molar-refractivity contribution in [1.29, 1.82) is 0 Å². The molecule has 108 valence electrons. The van der Waals surface area contributed by atoms with E-state index in [1.807, 2.05) is 19.6 Å². The Kier molecular flexibility index (Phi) is 3.62. The molecule has 0 saturated carbocycles. The van der Waals surface area contributed by atoms with Gasteiger partial charge in [0.15, 0.2) is 23.3 Å². The van der Waals surface area contributed by atoms with E-state index < -0.39 is 42.7 Å². The van der Waals surface area contributed by atoms with Crippen molar-refractivity contribution in [3.8, 4) is 0 Å². The van der Waals surface area contributed by atoms with Crippen LogP contribution in [-0.2, 0) is 0 Å². The highest BCUT2D eigenvalue weighted by atomic mass is 28.3. The van der Waals surface area contributed by atoms with Gasteiger partial charge in [0, 0.05) is 0 Å². The maximum Gasteiger partial charge on any atom is 0.200 e. The number of halogens is 5. The lowest BCUT2D eigenvalue weighted by Gasteiger charge is -2.21. The van der Waals surface area contributed by atoms with E-state index in [2.05, 4.69) is 0 Å². The standard InChI is InChI=1S/C14H13F5Si/c1-20(2,3)8-6-4-5-7(8)9-10(15)12(17)14(19)13(18)11(9)16/h4-5H,6H2,1-3H3. The Bertz CT molecular complexity index is 609. The molecule has 0 unspecified atom stereocenters. The van der Waals surface area contributed by atoms with Gasteiger partial charge in [-0.15, -0.1) is 0 Å². The zero-order valence-electron chi connectivity index (χ0n) is 11.3. The molecule has 0 atom stereocenters. The molecule has 0 nitrogen and oxygen atoms in total. The van der Waals surface area contributed by atoms with Gasteiger partial charge < -0.3 is 0 Å². The molecule has 0 bridgehead atoms. The van der Waals surface area contributed by atoms with Gasteiger partial charge in [-0.1, -0.05) is 37.0 Å². The van der Waals surface area contributed by atoms with Crippen LogP contribution in [0.15, 0.2) is 17.3 Å². The van der Waals surface area contributed by atoms with E-state index in [4.69, 9.17) is 0 Å². The average Bonchev–Trinajstić information content (AvgIpc) is 2.83. The second-order valence-electron chi connectivity index (χ2n) is 5.69. The van der Waals surface area contributed by atoms with E-state index in [-0.39, 0.29) is 5.57 Å². The summed E-state index contributed by atoms with van der Waals surface area (Å²) in [7, 11) is -1.92. The Hall–Kier alpha value is -1.43. The smallest absolute Gasteiger partial charge is 0.200 e. The van der Waals surface area contributed by atoms with Crippen molar-refractivity contribution in [2.75, 3.05) is 0 Å². The minimum Gasteiger partial charge on any atom is -0.203 e. The molecular weight excluding hydrogens is 291 g/mol. The molecule has 1 aromatic rings. The van der Waals surface area contributed by atoms with Crippen LogP contribution in [0.5, 0.6) is 0 Å². The van der Waals surface area contributed by atoms with Crippen molar-refractivity contribution in [3.05, 3.63) is 52.0 Å². The fourth-order valence-electron chi connectivity index (χ4n) is 2.29. The van der Waals surface area contributed by atoms with Gasteiger partial charge in [0.2, 0.25) is 5.82 Å². The molecule has 0 saturated heterocycles. The van der Waals surface area contributed by atoms with Gasteiger partial charge in [0.25, 0.3) is 0 Å². The fraction of sp³-hybridized carbons (Fsp3) is 0.286. The molecule has 2 rings (SSSR count). The van der Waals surface area contributed by atoms with Crippen LogP contribution < -0.4 is 0 Å². The summed E-state index contributed by atoms with van der Waals surface area (Å²) in [6.45, 7) is 5.88. The molecule has 20 heavy (non-hydrogen) atoms. The Labute approximate surface area is 114 Å². The van der Waals surface area contributed by atoms with Crippen molar-refractivity contribution < 1.29 is 22.0 Å². The van der Waals surface area contributed by atoms with E-state index in [0.717, 1.165) is 5.20 Å². The van der Waals surface area contributed by atoms with Crippen molar-refractivity contribution in [2.24, 2.45) is 0 Å². The highest BCUT2D eigenvalue weighted by molar-refractivity contribution is 6.84. The Morgan fingerprint density at radius 1 is 0.800 bits per heavy atom. The minimum atomic E-state index is -2.12. The van der Waals surface area contributed by atoms with Crippen LogP contribution in [0, 0.1) is 29.1 Å². The van der Waals surface area contributed by atoms with Crippen molar-refractivity contribution in [1.82, 2.24) is 0 Å². The largest absolute Gasteiger partial charge is 0.203 e. The molecule has 1 aliphatic rings. The molecule has 0 aliphatic heterocycles. The summed E-state index contributed by atoms with van der Waals surface area (Å²) in [5.41, 5.74) is -0.676. The lowest BCUT2D eigenvalue weighted by molar-refractivity contribution is 0.376. The first-order valence-electron chi connectivity index (χ1n) is 6.08. The van der Waals surface area contributed by atoms with E-state index >= 15 is 0 Å². The Morgan fingerprint density at radius 3 is 1.70 bits per heavy atom. The van der Waals surface area contributed by atoms with Crippen molar-refractivity contribution in [3.63, 3.8) is 0 Å². The maximum absolute atomic E-state index is 13.8. The minimum absolute atomic E-state index is 0.136. The van der Waals surface area contributed by atoms with Crippen LogP contribution >= 0.6 is 0 Å². The summed E-state index contributed by atoms with van der Waals surface area (Å²) >= 11 is 0. The molecule has 0 aromatic heterocycles. The first-order valence-corrected chi connectivity index (χ1v) is 9.58. The molecule has 0 N–H and O–H groups in total.